The van der Waals surface area contributed by atoms with Gasteiger partial charge in [0.1, 0.15) is 11.6 Å². The highest BCUT2D eigenvalue weighted by molar-refractivity contribution is 5.60. The fourth-order valence-electron chi connectivity index (χ4n) is 2.34. The number of benzene rings is 2. The number of nitrogens with one attached hydrogen (secondary N) is 1. The molecule has 0 aromatic heterocycles. The minimum Gasteiger partial charge on any atom is -0.507 e. The number of phenols is 1. The lowest BCUT2D eigenvalue weighted by atomic mass is 10.0. The summed E-state index contributed by atoms with van der Waals surface area (Å²) in [6.07, 6.45) is 0.759. The van der Waals surface area contributed by atoms with Crippen molar-refractivity contribution in [2.45, 2.75) is 33.2 Å². The van der Waals surface area contributed by atoms with Crippen molar-refractivity contribution >= 4 is 5.69 Å². The van der Waals surface area contributed by atoms with Crippen LogP contribution >= 0.6 is 0 Å². The molecule has 1 atom stereocenters. The van der Waals surface area contributed by atoms with Crippen LogP contribution in [0.15, 0.2) is 36.4 Å². The van der Waals surface area contributed by atoms with E-state index in [0.29, 0.717) is 11.3 Å². The summed E-state index contributed by atoms with van der Waals surface area (Å²) < 4.78 is 13.9. The van der Waals surface area contributed by atoms with Crippen molar-refractivity contribution in [2.24, 2.45) is 0 Å². The standard InChI is InChI=1S/C17H20FNO/c1-4-15(13-7-5-6-8-14(13)18)19-16-10-9-11(2)17(20)12(16)3/h5-10,15,19-20H,4H2,1-3H3. The summed E-state index contributed by atoms with van der Waals surface area (Å²) in [5, 5.41) is 13.3. The van der Waals surface area contributed by atoms with E-state index in [9.17, 15) is 9.50 Å². The first-order valence-corrected chi connectivity index (χ1v) is 6.84. The lowest BCUT2D eigenvalue weighted by Gasteiger charge is -2.21. The van der Waals surface area contributed by atoms with E-state index in [-0.39, 0.29) is 11.9 Å². The second-order valence-electron chi connectivity index (χ2n) is 5.03. The SMILES string of the molecule is CCC(Nc1ccc(C)c(O)c1C)c1ccccc1F. The van der Waals surface area contributed by atoms with Crippen LogP contribution in [0.3, 0.4) is 0 Å². The van der Waals surface area contributed by atoms with Gasteiger partial charge < -0.3 is 10.4 Å². The van der Waals surface area contributed by atoms with Crippen LogP contribution < -0.4 is 5.32 Å². The van der Waals surface area contributed by atoms with E-state index in [4.69, 9.17) is 0 Å². The second-order valence-corrected chi connectivity index (χ2v) is 5.03. The van der Waals surface area contributed by atoms with Crippen LogP contribution in [0.1, 0.15) is 36.1 Å². The Bertz CT molecular complexity index is 610. The zero-order valence-corrected chi connectivity index (χ0v) is 12.1. The third-order valence-corrected chi connectivity index (χ3v) is 3.65. The molecule has 2 aromatic carbocycles. The van der Waals surface area contributed by atoms with Crippen LogP contribution in [-0.2, 0) is 0 Å². The van der Waals surface area contributed by atoms with Crippen LogP contribution in [0.25, 0.3) is 0 Å². The van der Waals surface area contributed by atoms with Gasteiger partial charge in [0.15, 0.2) is 0 Å². The Labute approximate surface area is 119 Å². The number of hydrogen-bond acceptors (Lipinski definition) is 2. The van der Waals surface area contributed by atoms with Crippen molar-refractivity contribution in [3.63, 3.8) is 0 Å². The highest BCUT2D eigenvalue weighted by Crippen LogP contribution is 2.32. The summed E-state index contributed by atoms with van der Waals surface area (Å²) in [5.74, 6) is 0.0826. The number of aryl methyl sites for hydroxylation is 1. The smallest absolute Gasteiger partial charge is 0.128 e. The molecule has 2 aromatic rings. The van der Waals surface area contributed by atoms with Crippen LogP contribution in [-0.4, -0.2) is 5.11 Å². The molecule has 1 unspecified atom stereocenters. The predicted molar refractivity (Wildman–Crippen MR) is 80.6 cm³/mol. The highest BCUT2D eigenvalue weighted by Gasteiger charge is 2.15. The molecule has 2 rings (SSSR count). The normalized spacial score (nSPS) is 12.2. The van der Waals surface area contributed by atoms with E-state index in [1.165, 1.54) is 6.07 Å². The van der Waals surface area contributed by atoms with Gasteiger partial charge >= 0.3 is 0 Å². The Morgan fingerprint density at radius 3 is 2.50 bits per heavy atom. The summed E-state index contributed by atoms with van der Waals surface area (Å²) in [6.45, 7) is 5.73. The molecule has 3 heteroatoms. The van der Waals surface area contributed by atoms with Crippen molar-refractivity contribution in [1.82, 2.24) is 0 Å². The lowest BCUT2D eigenvalue weighted by Crippen LogP contribution is -2.12. The van der Waals surface area contributed by atoms with E-state index >= 15 is 0 Å². The lowest BCUT2D eigenvalue weighted by molar-refractivity contribution is 0.467. The minimum atomic E-state index is -0.208. The summed E-state index contributed by atoms with van der Waals surface area (Å²) in [4.78, 5) is 0. The third-order valence-electron chi connectivity index (χ3n) is 3.65. The van der Waals surface area contributed by atoms with Gasteiger partial charge in [0, 0.05) is 16.8 Å². The molecule has 2 N–H and O–H groups in total. The maximum Gasteiger partial charge on any atom is 0.128 e. The first-order chi connectivity index (χ1) is 9.54. The molecule has 2 nitrogen and oxygen atoms in total. The minimum absolute atomic E-state index is 0.114. The largest absolute Gasteiger partial charge is 0.507 e. The summed E-state index contributed by atoms with van der Waals surface area (Å²) in [7, 11) is 0. The number of hydrogen-bond donors (Lipinski definition) is 2. The van der Waals surface area contributed by atoms with E-state index in [2.05, 4.69) is 5.32 Å². The van der Waals surface area contributed by atoms with Gasteiger partial charge in [0.2, 0.25) is 0 Å². The summed E-state index contributed by atoms with van der Waals surface area (Å²) in [5.41, 5.74) is 3.12. The van der Waals surface area contributed by atoms with Crippen molar-refractivity contribution in [3.8, 4) is 5.75 Å². The van der Waals surface area contributed by atoms with Crippen molar-refractivity contribution in [2.75, 3.05) is 5.32 Å². The Balaban J connectivity index is 2.32. The quantitative estimate of drug-likeness (QED) is 0.845. The summed E-state index contributed by atoms with van der Waals surface area (Å²) >= 11 is 0. The molecule has 0 radical (unpaired) electrons. The predicted octanol–water partition coefficient (Wildman–Crippen LogP) is 4.71. The van der Waals surface area contributed by atoms with Crippen LogP contribution in [0.4, 0.5) is 10.1 Å². The zero-order valence-electron chi connectivity index (χ0n) is 12.1. The second kappa shape index (κ2) is 5.95. The van der Waals surface area contributed by atoms with Crippen molar-refractivity contribution in [1.29, 1.82) is 0 Å². The highest BCUT2D eigenvalue weighted by atomic mass is 19.1. The van der Waals surface area contributed by atoms with Crippen LogP contribution in [0.5, 0.6) is 5.75 Å². The Kier molecular flexibility index (Phi) is 4.28. The molecule has 0 fully saturated rings. The topological polar surface area (TPSA) is 32.3 Å². The van der Waals surface area contributed by atoms with Gasteiger partial charge in [-0.2, -0.15) is 0 Å². The Morgan fingerprint density at radius 1 is 1.15 bits per heavy atom. The van der Waals surface area contributed by atoms with E-state index in [1.807, 2.05) is 39.0 Å². The van der Waals surface area contributed by atoms with Gasteiger partial charge in [-0.3, -0.25) is 0 Å². The number of halogens is 1. The van der Waals surface area contributed by atoms with E-state index < -0.39 is 0 Å². The van der Waals surface area contributed by atoms with Crippen molar-refractivity contribution in [3.05, 3.63) is 58.9 Å². The van der Waals surface area contributed by atoms with Gasteiger partial charge in [-0.05, 0) is 38.0 Å². The molecule has 0 aliphatic rings. The molecule has 0 amide bonds. The maximum atomic E-state index is 13.9. The molecule has 0 bridgehead atoms. The third kappa shape index (κ3) is 2.77. The van der Waals surface area contributed by atoms with Gasteiger partial charge in [-0.25, -0.2) is 4.39 Å². The zero-order chi connectivity index (χ0) is 14.7. The van der Waals surface area contributed by atoms with E-state index in [0.717, 1.165) is 23.2 Å². The first-order valence-electron chi connectivity index (χ1n) is 6.84. The number of anilines is 1. The van der Waals surface area contributed by atoms with Gasteiger partial charge in [0.05, 0.1) is 6.04 Å². The molecule has 0 saturated carbocycles. The molecule has 0 spiro atoms. The van der Waals surface area contributed by atoms with Gasteiger partial charge in [-0.1, -0.05) is 31.2 Å². The molecule has 0 aliphatic carbocycles. The Hall–Kier alpha value is -2.03. The fraction of sp³-hybridized carbons (Fsp3) is 0.294. The molecule has 0 aliphatic heterocycles. The number of aromatic hydroxyl groups is 1. The number of phenolic OH excluding ortho intramolecular Hbond substituents is 1. The van der Waals surface area contributed by atoms with Crippen LogP contribution in [0.2, 0.25) is 0 Å². The van der Waals surface area contributed by atoms with Crippen LogP contribution in [0, 0.1) is 19.7 Å². The average Bonchev–Trinajstić information content (AvgIpc) is 2.45. The summed E-state index contributed by atoms with van der Waals surface area (Å²) in [6, 6.07) is 10.5. The van der Waals surface area contributed by atoms with Gasteiger partial charge in [0.25, 0.3) is 0 Å². The average molecular weight is 273 g/mol. The Morgan fingerprint density at radius 2 is 1.85 bits per heavy atom. The molecule has 20 heavy (non-hydrogen) atoms. The molecule has 106 valence electrons. The van der Waals surface area contributed by atoms with Gasteiger partial charge in [-0.15, -0.1) is 0 Å². The number of rotatable bonds is 4. The molecule has 0 saturated heterocycles. The van der Waals surface area contributed by atoms with E-state index in [1.54, 1.807) is 12.1 Å². The van der Waals surface area contributed by atoms with Crippen molar-refractivity contribution < 1.29 is 9.50 Å². The monoisotopic (exact) mass is 273 g/mol. The first kappa shape index (κ1) is 14.4. The maximum absolute atomic E-state index is 13.9. The molecular formula is C17H20FNO. The molecular weight excluding hydrogens is 253 g/mol. The molecule has 0 heterocycles. The fourth-order valence-corrected chi connectivity index (χ4v) is 2.34.